The van der Waals surface area contributed by atoms with Gasteiger partial charge in [-0.2, -0.15) is 0 Å². The van der Waals surface area contributed by atoms with Crippen molar-refractivity contribution in [2.24, 2.45) is 5.41 Å². The molecule has 1 aliphatic rings. The minimum absolute atomic E-state index is 0. The van der Waals surface area contributed by atoms with Gasteiger partial charge in [-0.25, -0.2) is 4.79 Å². The van der Waals surface area contributed by atoms with Crippen molar-refractivity contribution in [3.63, 3.8) is 0 Å². The Morgan fingerprint density at radius 2 is 2.17 bits per heavy atom. The fourth-order valence-corrected chi connectivity index (χ4v) is 2.32. The van der Waals surface area contributed by atoms with Gasteiger partial charge in [0, 0.05) is 15.5 Å². The molecule has 6 heteroatoms. The highest BCUT2D eigenvalue weighted by atomic mass is 79.9. The number of phenols is 1. The average molecular weight is 337 g/mol. The zero-order chi connectivity index (χ0) is 12.6. The molecule has 0 saturated carbocycles. The van der Waals surface area contributed by atoms with E-state index in [1.807, 2.05) is 19.9 Å². The van der Waals surface area contributed by atoms with Crippen LogP contribution in [0.15, 0.2) is 22.7 Å². The number of carbonyl (C=O) groups is 1. The molecular formula is C12H15BrClNO3. The predicted molar refractivity (Wildman–Crippen MR) is 74.1 cm³/mol. The molecule has 18 heavy (non-hydrogen) atoms. The number of nitrogens with one attached hydrogen (secondary N) is 1. The third kappa shape index (κ3) is 2.90. The molecule has 0 bridgehead atoms. The van der Waals surface area contributed by atoms with E-state index in [1.165, 1.54) is 0 Å². The molecule has 0 aliphatic carbocycles. The minimum atomic E-state index is -0.450. The van der Waals surface area contributed by atoms with Crippen molar-refractivity contribution in [3.8, 4) is 5.75 Å². The van der Waals surface area contributed by atoms with Crippen molar-refractivity contribution >= 4 is 34.4 Å². The van der Waals surface area contributed by atoms with E-state index in [-0.39, 0.29) is 29.6 Å². The van der Waals surface area contributed by atoms with Gasteiger partial charge < -0.3 is 15.2 Å². The summed E-state index contributed by atoms with van der Waals surface area (Å²) in [6.07, 6.45) is -0.450. The van der Waals surface area contributed by atoms with E-state index >= 15 is 0 Å². The van der Waals surface area contributed by atoms with Crippen LogP contribution in [0.5, 0.6) is 5.75 Å². The zero-order valence-electron chi connectivity index (χ0n) is 10.1. The Balaban J connectivity index is 0.00000162. The second-order valence-corrected chi connectivity index (χ2v) is 5.76. The number of hydrogen-bond acceptors (Lipinski definition) is 3. The van der Waals surface area contributed by atoms with Crippen molar-refractivity contribution in [2.75, 3.05) is 6.61 Å². The number of amides is 1. The fraction of sp³-hybridized carbons (Fsp3) is 0.417. The first kappa shape index (κ1) is 15.1. The van der Waals surface area contributed by atoms with Crippen molar-refractivity contribution in [1.82, 2.24) is 5.32 Å². The van der Waals surface area contributed by atoms with Crippen LogP contribution in [0.4, 0.5) is 4.79 Å². The van der Waals surface area contributed by atoms with Gasteiger partial charge in [0.1, 0.15) is 12.4 Å². The Bertz CT molecular complexity index is 465. The SMILES string of the molecule is CC1(C)COC(=O)N[C@H]1c1cc(Br)ccc1O.Cl. The molecule has 4 nitrogen and oxygen atoms in total. The van der Waals surface area contributed by atoms with Gasteiger partial charge in [-0.05, 0) is 18.2 Å². The van der Waals surface area contributed by atoms with Gasteiger partial charge in [0.25, 0.3) is 0 Å². The lowest BCUT2D eigenvalue weighted by atomic mass is 9.80. The van der Waals surface area contributed by atoms with Crippen LogP contribution in [-0.4, -0.2) is 17.8 Å². The first-order valence-corrected chi connectivity index (χ1v) is 6.11. The summed E-state index contributed by atoms with van der Waals surface area (Å²) in [7, 11) is 0. The molecule has 1 amide bonds. The smallest absolute Gasteiger partial charge is 0.407 e. The van der Waals surface area contributed by atoms with Crippen LogP contribution in [0.2, 0.25) is 0 Å². The number of benzene rings is 1. The highest BCUT2D eigenvalue weighted by Crippen LogP contribution is 2.40. The highest BCUT2D eigenvalue weighted by Gasteiger charge is 2.39. The van der Waals surface area contributed by atoms with Crippen molar-refractivity contribution in [1.29, 1.82) is 0 Å². The van der Waals surface area contributed by atoms with Gasteiger partial charge in [0.15, 0.2) is 0 Å². The number of hydrogen-bond donors (Lipinski definition) is 2. The predicted octanol–water partition coefficient (Wildman–Crippen LogP) is 3.38. The summed E-state index contributed by atoms with van der Waals surface area (Å²) in [4.78, 5) is 11.3. The van der Waals surface area contributed by atoms with E-state index in [4.69, 9.17) is 4.74 Å². The van der Waals surface area contributed by atoms with E-state index in [2.05, 4.69) is 21.2 Å². The van der Waals surface area contributed by atoms with Crippen molar-refractivity contribution in [3.05, 3.63) is 28.2 Å². The maximum absolute atomic E-state index is 11.3. The standard InChI is InChI=1S/C12H14BrNO3.ClH/c1-12(2)6-17-11(16)14-10(12)8-5-7(13)3-4-9(8)15;/h3-5,10,15H,6H2,1-2H3,(H,14,16);1H/t10-;/m0./s1. The van der Waals surface area contributed by atoms with E-state index in [0.29, 0.717) is 12.2 Å². The molecule has 0 aromatic heterocycles. The van der Waals surface area contributed by atoms with E-state index in [0.717, 1.165) is 4.47 Å². The van der Waals surface area contributed by atoms with E-state index in [9.17, 15) is 9.90 Å². The molecule has 1 fully saturated rings. The third-order valence-electron chi connectivity index (χ3n) is 2.92. The Hall–Kier alpha value is -0.940. The molecule has 0 unspecified atom stereocenters. The largest absolute Gasteiger partial charge is 0.508 e. The van der Waals surface area contributed by atoms with Crippen LogP contribution in [0.25, 0.3) is 0 Å². The number of phenolic OH excluding ortho intramolecular Hbond substituents is 1. The molecule has 1 atom stereocenters. The zero-order valence-corrected chi connectivity index (χ0v) is 12.5. The quantitative estimate of drug-likeness (QED) is 0.826. The number of ether oxygens (including phenoxy) is 1. The molecule has 1 heterocycles. The number of cyclic esters (lactones) is 1. The Kier molecular flexibility index (Phi) is 4.50. The summed E-state index contributed by atoms with van der Waals surface area (Å²) in [5.41, 5.74) is 0.424. The van der Waals surface area contributed by atoms with E-state index in [1.54, 1.807) is 12.1 Å². The number of rotatable bonds is 1. The normalized spacial score (nSPS) is 21.5. The van der Waals surface area contributed by atoms with E-state index < -0.39 is 6.09 Å². The molecular weight excluding hydrogens is 321 g/mol. The second-order valence-electron chi connectivity index (χ2n) is 4.85. The first-order chi connectivity index (χ1) is 7.90. The van der Waals surface area contributed by atoms with Crippen LogP contribution in [0, 0.1) is 5.41 Å². The molecule has 2 rings (SSSR count). The van der Waals surface area contributed by atoms with Crippen molar-refractivity contribution < 1.29 is 14.6 Å². The molecule has 100 valence electrons. The Labute approximate surface area is 120 Å². The monoisotopic (exact) mass is 335 g/mol. The molecule has 1 aromatic carbocycles. The number of halogens is 2. The van der Waals surface area contributed by atoms with Crippen LogP contribution in [-0.2, 0) is 4.74 Å². The number of alkyl carbamates (subject to hydrolysis) is 1. The van der Waals surface area contributed by atoms with Gasteiger partial charge in [-0.15, -0.1) is 12.4 Å². The van der Waals surface area contributed by atoms with Crippen LogP contribution >= 0.6 is 28.3 Å². The molecule has 1 saturated heterocycles. The number of carbonyl (C=O) groups excluding carboxylic acids is 1. The lowest BCUT2D eigenvalue weighted by Gasteiger charge is -2.38. The van der Waals surface area contributed by atoms with Gasteiger partial charge in [-0.3, -0.25) is 0 Å². The summed E-state index contributed by atoms with van der Waals surface area (Å²) in [6.45, 7) is 4.30. The lowest BCUT2D eigenvalue weighted by molar-refractivity contribution is 0.0381. The van der Waals surface area contributed by atoms with Crippen LogP contribution < -0.4 is 5.32 Å². The summed E-state index contributed by atoms with van der Waals surface area (Å²) < 4.78 is 5.83. The van der Waals surface area contributed by atoms with Gasteiger partial charge in [0.05, 0.1) is 6.04 Å². The Morgan fingerprint density at radius 1 is 1.50 bits per heavy atom. The van der Waals surface area contributed by atoms with Crippen LogP contribution in [0.3, 0.4) is 0 Å². The third-order valence-corrected chi connectivity index (χ3v) is 3.41. The first-order valence-electron chi connectivity index (χ1n) is 5.32. The minimum Gasteiger partial charge on any atom is -0.508 e. The van der Waals surface area contributed by atoms with Crippen LogP contribution in [0.1, 0.15) is 25.5 Å². The topological polar surface area (TPSA) is 58.6 Å². The summed E-state index contributed by atoms with van der Waals surface area (Å²) >= 11 is 3.36. The molecule has 2 N–H and O–H groups in total. The maximum Gasteiger partial charge on any atom is 0.407 e. The lowest BCUT2D eigenvalue weighted by Crippen LogP contribution is -2.46. The molecule has 0 spiro atoms. The van der Waals surface area contributed by atoms with Gasteiger partial charge >= 0.3 is 6.09 Å². The highest BCUT2D eigenvalue weighted by molar-refractivity contribution is 9.10. The number of aromatic hydroxyl groups is 1. The second kappa shape index (κ2) is 5.36. The maximum atomic E-state index is 11.3. The summed E-state index contributed by atoms with van der Waals surface area (Å²) in [6, 6.07) is 4.92. The average Bonchev–Trinajstić information content (AvgIpc) is 2.26. The fourth-order valence-electron chi connectivity index (χ4n) is 1.95. The molecule has 1 aliphatic heterocycles. The molecule has 0 radical (unpaired) electrons. The van der Waals surface area contributed by atoms with Crippen molar-refractivity contribution in [2.45, 2.75) is 19.9 Å². The summed E-state index contributed by atoms with van der Waals surface area (Å²) in [5, 5.41) is 12.6. The van der Waals surface area contributed by atoms with Gasteiger partial charge in [0.2, 0.25) is 0 Å². The Morgan fingerprint density at radius 3 is 2.83 bits per heavy atom. The van der Waals surface area contributed by atoms with Gasteiger partial charge in [-0.1, -0.05) is 29.8 Å². The molecule has 1 aromatic rings. The summed E-state index contributed by atoms with van der Waals surface area (Å²) in [5.74, 6) is 0.175.